The maximum absolute atomic E-state index is 12.7. The van der Waals surface area contributed by atoms with Crippen molar-refractivity contribution in [1.82, 2.24) is 9.21 Å². The smallest absolute Gasteiger partial charge is 0.245 e. The van der Waals surface area contributed by atoms with Crippen LogP contribution in [0.5, 0.6) is 0 Å². The second kappa shape index (κ2) is 6.93. The van der Waals surface area contributed by atoms with E-state index in [1.165, 1.54) is 16.4 Å². The zero-order chi connectivity index (χ0) is 17.2. The molecule has 5 nitrogen and oxygen atoms in total. The van der Waals surface area contributed by atoms with Crippen molar-refractivity contribution in [3.63, 3.8) is 0 Å². The molecule has 1 aliphatic rings. The molecule has 2 aromatic carbocycles. The molecule has 0 aliphatic carbocycles. The van der Waals surface area contributed by atoms with Gasteiger partial charge in [-0.15, -0.1) is 0 Å². The molecule has 3 rings (SSSR count). The number of carbonyl (C=O) groups excluding carboxylic acids is 1. The molecule has 0 radical (unpaired) electrons. The van der Waals surface area contributed by atoms with Gasteiger partial charge in [0.1, 0.15) is 4.90 Å². The topological polar surface area (TPSA) is 57.7 Å². The lowest BCUT2D eigenvalue weighted by molar-refractivity contribution is -0.134. The number of carbonyl (C=O) groups is 1. The molecule has 0 unspecified atom stereocenters. The van der Waals surface area contributed by atoms with Crippen LogP contribution in [0.3, 0.4) is 0 Å². The normalized spacial score (nSPS) is 16.4. The minimum Gasteiger partial charge on any atom is -0.336 e. The molecular formula is C17H17ClN2O3S. The fourth-order valence-corrected chi connectivity index (χ4v) is 4.53. The molecule has 1 aliphatic heterocycles. The number of benzene rings is 2. The Hall–Kier alpha value is -1.89. The second-order valence-electron chi connectivity index (χ2n) is 5.57. The third-order valence-corrected chi connectivity index (χ3v) is 6.30. The lowest BCUT2D eigenvalue weighted by Crippen LogP contribution is -2.51. The number of amides is 1. The maximum atomic E-state index is 12.7. The summed E-state index contributed by atoms with van der Waals surface area (Å²) in [7, 11) is -3.77. The van der Waals surface area contributed by atoms with E-state index in [1.54, 1.807) is 17.0 Å². The summed E-state index contributed by atoms with van der Waals surface area (Å²) in [6.45, 7) is 0.934. The van der Waals surface area contributed by atoms with Gasteiger partial charge in [-0.1, -0.05) is 54.1 Å². The van der Waals surface area contributed by atoms with Crippen molar-refractivity contribution in [3.05, 3.63) is 65.2 Å². The lowest BCUT2D eigenvalue weighted by Gasteiger charge is -2.33. The van der Waals surface area contributed by atoms with Crippen molar-refractivity contribution in [2.75, 3.05) is 19.6 Å². The summed E-state index contributed by atoms with van der Waals surface area (Å²) < 4.78 is 26.6. The van der Waals surface area contributed by atoms with Gasteiger partial charge >= 0.3 is 0 Å². The summed E-state index contributed by atoms with van der Waals surface area (Å²) in [6, 6.07) is 15.9. The van der Waals surface area contributed by atoms with Gasteiger partial charge in [0.2, 0.25) is 15.9 Å². The summed E-state index contributed by atoms with van der Waals surface area (Å²) in [5.74, 6) is -0.208. The highest BCUT2D eigenvalue weighted by molar-refractivity contribution is 7.89. The SMILES string of the molecule is O=C1CN(S(=O)(=O)c2ccccc2Cl)CCN1Cc1ccccc1. The quantitative estimate of drug-likeness (QED) is 0.836. The average Bonchev–Trinajstić information content (AvgIpc) is 2.58. The highest BCUT2D eigenvalue weighted by atomic mass is 35.5. The Morgan fingerprint density at radius 3 is 2.29 bits per heavy atom. The third-order valence-electron chi connectivity index (χ3n) is 3.95. The predicted octanol–water partition coefficient (Wildman–Crippen LogP) is 2.37. The van der Waals surface area contributed by atoms with Gasteiger partial charge in [-0.25, -0.2) is 8.42 Å². The van der Waals surface area contributed by atoms with Gasteiger partial charge < -0.3 is 4.90 Å². The van der Waals surface area contributed by atoms with Gasteiger partial charge in [0, 0.05) is 19.6 Å². The molecule has 0 N–H and O–H groups in total. The van der Waals surface area contributed by atoms with Gasteiger partial charge in [0.15, 0.2) is 0 Å². The highest BCUT2D eigenvalue weighted by Gasteiger charge is 2.33. The molecule has 0 aromatic heterocycles. The molecule has 1 saturated heterocycles. The van der Waals surface area contributed by atoms with E-state index < -0.39 is 10.0 Å². The first kappa shape index (κ1) is 17.0. The van der Waals surface area contributed by atoms with Crippen LogP contribution in [0.2, 0.25) is 5.02 Å². The van der Waals surface area contributed by atoms with E-state index in [1.807, 2.05) is 30.3 Å². The Morgan fingerprint density at radius 1 is 0.958 bits per heavy atom. The molecule has 0 spiro atoms. The van der Waals surface area contributed by atoms with E-state index in [4.69, 9.17) is 11.6 Å². The third kappa shape index (κ3) is 3.45. The highest BCUT2D eigenvalue weighted by Crippen LogP contribution is 2.25. The first-order chi connectivity index (χ1) is 11.5. The number of halogens is 1. The van der Waals surface area contributed by atoms with Crippen LogP contribution in [0.25, 0.3) is 0 Å². The molecule has 7 heteroatoms. The monoisotopic (exact) mass is 364 g/mol. The second-order valence-corrected chi connectivity index (χ2v) is 7.88. The van der Waals surface area contributed by atoms with Gasteiger partial charge in [-0.3, -0.25) is 4.79 Å². The van der Waals surface area contributed by atoms with Gasteiger partial charge in [0.25, 0.3) is 0 Å². The molecule has 0 saturated carbocycles. The van der Waals surface area contributed by atoms with E-state index in [0.717, 1.165) is 5.56 Å². The zero-order valence-electron chi connectivity index (χ0n) is 12.9. The fourth-order valence-electron chi connectivity index (χ4n) is 2.66. The zero-order valence-corrected chi connectivity index (χ0v) is 14.5. The Labute approximate surface area is 146 Å². The van der Waals surface area contributed by atoms with Crippen LogP contribution >= 0.6 is 11.6 Å². The Bertz CT molecular complexity index is 840. The molecular weight excluding hydrogens is 348 g/mol. The van der Waals surface area contributed by atoms with Crippen molar-refractivity contribution in [1.29, 1.82) is 0 Å². The molecule has 1 fully saturated rings. The van der Waals surface area contributed by atoms with Crippen LogP contribution in [0.15, 0.2) is 59.5 Å². The number of hydrogen-bond acceptors (Lipinski definition) is 3. The van der Waals surface area contributed by atoms with Crippen LogP contribution in [0.1, 0.15) is 5.56 Å². The number of piperazine rings is 1. The van der Waals surface area contributed by atoms with Crippen molar-refractivity contribution in [2.45, 2.75) is 11.4 Å². The van der Waals surface area contributed by atoms with Crippen LogP contribution in [-0.2, 0) is 21.4 Å². The summed E-state index contributed by atoms with van der Waals surface area (Å²) in [5.41, 5.74) is 1.02. The molecule has 1 heterocycles. The number of sulfonamides is 1. The van der Waals surface area contributed by atoms with Crippen LogP contribution < -0.4 is 0 Å². The summed E-state index contributed by atoms with van der Waals surface area (Å²) in [6.07, 6.45) is 0. The van der Waals surface area contributed by atoms with Crippen LogP contribution in [-0.4, -0.2) is 43.2 Å². The van der Waals surface area contributed by atoms with Crippen molar-refractivity contribution < 1.29 is 13.2 Å². The van der Waals surface area contributed by atoms with E-state index in [0.29, 0.717) is 13.1 Å². The van der Waals surface area contributed by atoms with Gasteiger partial charge in [0.05, 0.1) is 11.6 Å². The molecule has 0 atom stereocenters. The van der Waals surface area contributed by atoms with Crippen molar-refractivity contribution in [2.24, 2.45) is 0 Å². The molecule has 126 valence electrons. The molecule has 1 amide bonds. The van der Waals surface area contributed by atoms with Gasteiger partial charge in [-0.05, 0) is 17.7 Å². The van der Waals surface area contributed by atoms with E-state index >= 15 is 0 Å². The first-order valence-corrected chi connectivity index (χ1v) is 9.36. The fraction of sp³-hybridized carbons (Fsp3) is 0.235. The predicted molar refractivity (Wildman–Crippen MR) is 92.1 cm³/mol. The standard InChI is InChI=1S/C17H17ClN2O3S/c18-15-8-4-5-9-16(15)24(22,23)20-11-10-19(17(21)13-20)12-14-6-2-1-3-7-14/h1-9H,10-13H2. The maximum Gasteiger partial charge on any atom is 0.245 e. The minimum atomic E-state index is -3.77. The number of hydrogen-bond donors (Lipinski definition) is 0. The number of rotatable bonds is 4. The molecule has 24 heavy (non-hydrogen) atoms. The van der Waals surface area contributed by atoms with E-state index in [2.05, 4.69) is 0 Å². The first-order valence-electron chi connectivity index (χ1n) is 7.55. The molecule has 2 aromatic rings. The van der Waals surface area contributed by atoms with Gasteiger partial charge in [-0.2, -0.15) is 4.31 Å². The van der Waals surface area contributed by atoms with Crippen LogP contribution in [0, 0.1) is 0 Å². The lowest BCUT2D eigenvalue weighted by atomic mass is 10.2. The summed E-state index contributed by atoms with van der Waals surface area (Å²) >= 11 is 6.00. The largest absolute Gasteiger partial charge is 0.336 e. The van der Waals surface area contributed by atoms with Crippen LogP contribution in [0.4, 0.5) is 0 Å². The summed E-state index contributed by atoms with van der Waals surface area (Å²) in [4.78, 5) is 14.1. The molecule has 0 bridgehead atoms. The Morgan fingerprint density at radius 2 is 1.62 bits per heavy atom. The summed E-state index contributed by atoms with van der Waals surface area (Å²) in [5, 5.41) is 0.164. The Kier molecular flexibility index (Phi) is 4.89. The minimum absolute atomic E-state index is 0.0379. The van der Waals surface area contributed by atoms with E-state index in [-0.39, 0.29) is 28.9 Å². The van der Waals surface area contributed by atoms with Crippen molar-refractivity contribution >= 4 is 27.5 Å². The average molecular weight is 365 g/mol. The Balaban J connectivity index is 1.74. The van der Waals surface area contributed by atoms with E-state index in [9.17, 15) is 13.2 Å². The van der Waals surface area contributed by atoms with Crippen molar-refractivity contribution in [3.8, 4) is 0 Å². The number of nitrogens with zero attached hydrogens (tertiary/aromatic N) is 2.